The molecular formula is C16H15N5O4S2. The van der Waals surface area contributed by atoms with Gasteiger partial charge in [-0.3, -0.25) is 0 Å². The lowest BCUT2D eigenvalue weighted by atomic mass is 10.3. The van der Waals surface area contributed by atoms with E-state index in [1.54, 1.807) is 13.8 Å². The predicted molar refractivity (Wildman–Crippen MR) is 97.3 cm³/mol. The lowest BCUT2D eigenvalue weighted by molar-refractivity contribution is 0.0507. The standard InChI is InChI=1S/C16H15N5O4S2/c1-3-24-14(22)11-13(21(19-17-11)10-8-6-5-7-9-10)26-16-12(18-20-27-16)15(23)25-4-2/h5-9H,3-4H2,1-2H3. The van der Waals surface area contributed by atoms with E-state index in [0.717, 1.165) is 23.3 Å². The van der Waals surface area contributed by atoms with E-state index in [1.165, 1.54) is 4.68 Å². The van der Waals surface area contributed by atoms with Crippen molar-refractivity contribution in [2.75, 3.05) is 13.2 Å². The zero-order chi connectivity index (χ0) is 19.2. The minimum Gasteiger partial charge on any atom is -0.461 e. The van der Waals surface area contributed by atoms with Crippen LogP contribution in [0.15, 0.2) is 39.6 Å². The van der Waals surface area contributed by atoms with Crippen molar-refractivity contribution in [1.82, 2.24) is 24.6 Å². The molecule has 27 heavy (non-hydrogen) atoms. The summed E-state index contributed by atoms with van der Waals surface area (Å²) in [6.45, 7) is 3.84. The Kier molecular flexibility index (Phi) is 6.14. The third kappa shape index (κ3) is 4.14. The summed E-state index contributed by atoms with van der Waals surface area (Å²) in [5, 5.41) is 12.3. The second-order valence-corrected chi connectivity index (χ2v) is 6.95. The fourth-order valence-corrected chi connectivity index (χ4v) is 3.83. The largest absolute Gasteiger partial charge is 0.461 e. The Morgan fingerprint density at radius 1 is 1.04 bits per heavy atom. The summed E-state index contributed by atoms with van der Waals surface area (Å²) in [6.07, 6.45) is 0. The molecule has 0 unspecified atom stereocenters. The molecule has 9 nitrogen and oxygen atoms in total. The summed E-state index contributed by atoms with van der Waals surface area (Å²) in [5.74, 6) is -1.18. The minimum absolute atomic E-state index is 0.0499. The van der Waals surface area contributed by atoms with Crippen LogP contribution in [0, 0.1) is 0 Å². The van der Waals surface area contributed by atoms with Crippen LogP contribution in [-0.2, 0) is 9.47 Å². The van der Waals surface area contributed by atoms with E-state index in [9.17, 15) is 9.59 Å². The molecule has 2 aromatic heterocycles. The van der Waals surface area contributed by atoms with Crippen LogP contribution in [0.5, 0.6) is 0 Å². The van der Waals surface area contributed by atoms with Crippen molar-refractivity contribution in [3.8, 4) is 5.69 Å². The highest BCUT2D eigenvalue weighted by Crippen LogP contribution is 2.35. The molecule has 0 spiro atoms. The number of para-hydroxylation sites is 1. The number of ether oxygens (including phenoxy) is 2. The Morgan fingerprint density at radius 2 is 1.70 bits per heavy atom. The molecule has 0 radical (unpaired) electrons. The molecule has 0 aliphatic rings. The molecule has 3 aromatic rings. The Bertz CT molecular complexity index is 941. The van der Waals surface area contributed by atoms with E-state index in [4.69, 9.17) is 9.47 Å². The second kappa shape index (κ2) is 8.73. The van der Waals surface area contributed by atoms with E-state index < -0.39 is 11.9 Å². The highest BCUT2D eigenvalue weighted by atomic mass is 32.2. The van der Waals surface area contributed by atoms with Crippen LogP contribution in [0.4, 0.5) is 0 Å². The van der Waals surface area contributed by atoms with Crippen molar-refractivity contribution >= 4 is 35.2 Å². The molecule has 0 amide bonds. The van der Waals surface area contributed by atoms with Crippen molar-refractivity contribution in [1.29, 1.82) is 0 Å². The normalized spacial score (nSPS) is 10.6. The maximum atomic E-state index is 12.3. The van der Waals surface area contributed by atoms with Crippen molar-refractivity contribution < 1.29 is 19.1 Å². The third-order valence-corrected chi connectivity index (χ3v) is 5.15. The first-order valence-corrected chi connectivity index (χ1v) is 9.60. The van der Waals surface area contributed by atoms with Gasteiger partial charge < -0.3 is 9.47 Å². The molecular weight excluding hydrogens is 390 g/mol. The lowest BCUT2D eigenvalue weighted by Crippen LogP contribution is -2.08. The molecule has 0 N–H and O–H groups in total. The fraction of sp³-hybridized carbons (Fsp3) is 0.250. The van der Waals surface area contributed by atoms with Crippen LogP contribution < -0.4 is 0 Å². The third-order valence-electron chi connectivity index (χ3n) is 3.21. The van der Waals surface area contributed by atoms with Gasteiger partial charge in [-0.25, -0.2) is 14.3 Å². The summed E-state index contributed by atoms with van der Waals surface area (Å²) in [5.41, 5.74) is 0.842. The molecule has 0 saturated carbocycles. The van der Waals surface area contributed by atoms with E-state index in [1.807, 2.05) is 30.3 Å². The number of rotatable bonds is 7. The monoisotopic (exact) mass is 405 g/mol. The van der Waals surface area contributed by atoms with Gasteiger partial charge in [0.25, 0.3) is 0 Å². The zero-order valence-corrected chi connectivity index (χ0v) is 16.1. The van der Waals surface area contributed by atoms with Gasteiger partial charge in [0.15, 0.2) is 5.69 Å². The predicted octanol–water partition coefficient (Wildman–Crippen LogP) is 2.62. The molecule has 140 valence electrons. The topological polar surface area (TPSA) is 109 Å². The van der Waals surface area contributed by atoms with Crippen molar-refractivity contribution in [2.45, 2.75) is 23.1 Å². The summed E-state index contributed by atoms with van der Waals surface area (Å²) >= 11 is 2.13. The molecule has 3 rings (SSSR count). The van der Waals surface area contributed by atoms with Gasteiger partial charge in [-0.2, -0.15) is 0 Å². The molecule has 2 heterocycles. The average molecular weight is 405 g/mol. The maximum absolute atomic E-state index is 12.3. The molecule has 1 aromatic carbocycles. The molecule has 0 bridgehead atoms. The Balaban J connectivity index is 2.03. The number of carbonyl (C=O) groups is 2. The van der Waals surface area contributed by atoms with Gasteiger partial charge >= 0.3 is 11.9 Å². The molecule has 0 atom stereocenters. The van der Waals surface area contributed by atoms with Gasteiger partial charge in [0.1, 0.15) is 9.24 Å². The van der Waals surface area contributed by atoms with Gasteiger partial charge in [-0.05, 0) is 37.5 Å². The van der Waals surface area contributed by atoms with E-state index in [0.29, 0.717) is 14.9 Å². The van der Waals surface area contributed by atoms with Crippen LogP contribution >= 0.6 is 23.3 Å². The quantitative estimate of drug-likeness (QED) is 0.548. The van der Waals surface area contributed by atoms with Crippen LogP contribution in [0.2, 0.25) is 0 Å². The van der Waals surface area contributed by atoms with Crippen LogP contribution in [0.1, 0.15) is 34.8 Å². The first-order valence-electron chi connectivity index (χ1n) is 8.01. The second-order valence-electron chi connectivity index (χ2n) is 4.94. The van der Waals surface area contributed by atoms with Gasteiger partial charge in [-0.15, -0.1) is 10.2 Å². The van der Waals surface area contributed by atoms with Gasteiger partial charge in [0, 0.05) is 0 Å². The molecule has 0 saturated heterocycles. The van der Waals surface area contributed by atoms with Crippen molar-refractivity contribution in [3.05, 3.63) is 41.7 Å². The minimum atomic E-state index is -0.600. The number of benzene rings is 1. The highest BCUT2D eigenvalue weighted by Gasteiger charge is 2.27. The average Bonchev–Trinajstić information content (AvgIpc) is 3.30. The molecule has 0 aliphatic carbocycles. The number of carbonyl (C=O) groups excluding carboxylic acids is 2. The number of nitrogens with zero attached hydrogens (tertiary/aromatic N) is 5. The number of esters is 2. The van der Waals surface area contributed by atoms with Gasteiger partial charge in [-0.1, -0.05) is 39.7 Å². The smallest absolute Gasteiger partial charge is 0.361 e. The van der Waals surface area contributed by atoms with Crippen molar-refractivity contribution in [3.63, 3.8) is 0 Å². The van der Waals surface area contributed by atoms with Crippen LogP contribution in [0.25, 0.3) is 5.69 Å². The fourth-order valence-electron chi connectivity index (χ4n) is 2.09. The van der Waals surface area contributed by atoms with E-state index in [2.05, 4.69) is 19.9 Å². The maximum Gasteiger partial charge on any atom is 0.361 e. The first kappa shape index (κ1) is 19.0. The van der Waals surface area contributed by atoms with Crippen molar-refractivity contribution in [2.24, 2.45) is 0 Å². The SMILES string of the molecule is CCOC(=O)c1nnsc1Sc1c(C(=O)OCC)nnn1-c1ccccc1. The Morgan fingerprint density at radius 3 is 2.37 bits per heavy atom. The molecule has 0 fully saturated rings. The zero-order valence-electron chi connectivity index (χ0n) is 14.5. The summed E-state index contributed by atoms with van der Waals surface area (Å²) < 4.78 is 15.9. The number of hydrogen-bond donors (Lipinski definition) is 0. The van der Waals surface area contributed by atoms with Crippen LogP contribution in [-0.4, -0.2) is 49.7 Å². The first-order chi connectivity index (χ1) is 13.2. The summed E-state index contributed by atoms with van der Waals surface area (Å²) in [4.78, 5) is 24.4. The molecule has 0 aliphatic heterocycles. The van der Waals surface area contributed by atoms with E-state index >= 15 is 0 Å². The number of hydrogen-bond acceptors (Lipinski definition) is 10. The highest BCUT2D eigenvalue weighted by molar-refractivity contribution is 8.01. The Hall–Kier alpha value is -2.79. The van der Waals surface area contributed by atoms with Crippen LogP contribution in [0.3, 0.4) is 0 Å². The Labute approximate surface area is 162 Å². The summed E-state index contributed by atoms with van der Waals surface area (Å²) in [6, 6.07) is 9.20. The molecule has 11 heteroatoms. The van der Waals surface area contributed by atoms with Gasteiger partial charge in [0.2, 0.25) is 5.69 Å². The lowest BCUT2D eigenvalue weighted by Gasteiger charge is -2.07. The summed E-state index contributed by atoms with van der Waals surface area (Å²) in [7, 11) is 0. The van der Waals surface area contributed by atoms with Gasteiger partial charge in [0.05, 0.1) is 18.9 Å². The van der Waals surface area contributed by atoms with E-state index in [-0.39, 0.29) is 24.6 Å². The number of aromatic nitrogens is 5.